The zero-order valence-electron chi connectivity index (χ0n) is 11.1. The zero-order chi connectivity index (χ0) is 16.0. The van der Waals surface area contributed by atoms with Gasteiger partial charge in [0.2, 0.25) is 21.7 Å². The Kier molecular flexibility index (Phi) is 7.91. The van der Waals surface area contributed by atoms with Gasteiger partial charge in [0.1, 0.15) is 0 Å². The van der Waals surface area contributed by atoms with Crippen molar-refractivity contribution in [2.75, 3.05) is 18.4 Å². The summed E-state index contributed by atoms with van der Waals surface area (Å²) in [6.07, 6.45) is 0. The summed E-state index contributed by atoms with van der Waals surface area (Å²) in [5, 5.41) is 4.47. The van der Waals surface area contributed by atoms with Gasteiger partial charge < -0.3 is 16.4 Å². The van der Waals surface area contributed by atoms with Crippen LogP contribution in [0.3, 0.4) is 0 Å². The average molecular weight is 358 g/mol. The van der Waals surface area contributed by atoms with E-state index in [1.807, 2.05) is 0 Å². The lowest BCUT2D eigenvalue weighted by atomic mass is 10.3. The van der Waals surface area contributed by atoms with Crippen LogP contribution in [0.25, 0.3) is 0 Å². The third-order valence-electron chi connectivity index (χ3n) is 2.31. The minimum Gasteiger partial charge on any atom is -0.346 e. The third-order valence-corrected chi connectivity index (χ3v) is 3.69. The van der Waals surface area contributed by atoms with Crippen LogP contribution in [0.4, 0.5) is 14.5 Å². The Balaban J connectivity index is 0.00000441. The Morgan fingerprint density at radius 1 is 1.23 bits per heavy atom. The number of alkyl halides is 2. The van der Waals surface area contributed by atoms with Crippen molar-refractivity contribution < 1.29 is 26.8 Å². The van der Waals surface area contributed by atoms with E-state index < -0.39 is 32.3 Å². The van der Waals surface area contributed by atoms with Crippen LogP contribution in [0.1, 0.15) is 0 Å². The number of carbonyl (C=O) groups excluding carboxylic acids is 2. The average Bonchev–Trinajstić information content (AvgIpc) is 2.44. The number of hydrogen-bond acceptors (Lipinski definition) is 5. The number of nitrogens with two attached hydrogens (primary N) is 1. The monoisotopic (exact) mass is 357 g/mol. The molecule has 0 bridgehead atoms. The topological polar surface area (TPSA) is 118 Å². The second kappa shape index (κ2) is 8.61. The van der Waals surface area contributed by atoms with Crippen LogP contribution in [0, 0.1) is 0 Å². The number of nitrogens with one attached hydrogen (secondary N) is 2. The molecule has 7 nitrogen and oxygen atoms in total. The molecule has 11 heteroatoms. The Bertz CT molecular complexity index is 640. The molecule has 0 saturated heterocycles. The molecule has 0 heterocycles. The lowest BCUT2D eigenvalue weighted by Crippen LogP contribution is -2.36. The highest BCUT2D eigenvalue weighted by Crippen LogP contribution is 2.21. The fraction of sp³-hybridized carbons (Fsp3) is 0.273. The second-order valence-electron chi connectivity index (χ2n) is 3.86. The van der Waals surface area contributed by atoms with E-state index in [2.05, 4.69) is 10.6 Å². The van der Waals surface area contributed by atoms with Gasteiger partial charge in [0, 0.05) is 5.69 Å². The first-order valence-corrected chi connectivity index (χ1v) is 7.20. The van der Waals surface area contributed by atoms with E-state index in [0.29, 0.717) is 0 Å². The molecular weight excluding hydrogens is 344 g/mol. The Morgan fingerprint density at radius 2 is 1.86 bits per heavy atom. The number of anilines is 1. The summed E-state index contributed by atoms with van der Waals surface area (Å²) in [7, 11) is -4.74. The second-order valence-corrected chi connectivity index (χ2v) is 5.78. The number of benzene rings is 1. The number of hydrogen-bond donors (Lipinski definition) is 3. The summed E-state index contributed by atoms with van der Waals surface area (Å²) < 4.78 is 47.4. The van der Waals surface area contributed by atoms with Crippen LogP contribution in [0.15, 0.2) is 29.2 Å². The molecule has 124 valence electrons. The van der Waals surface area contributed by atoms with Gasteiger partial charge in [-0.25, -0.2) is 8.42 Å². The molecule has 0 atom stereocenters. The molecule has 2 amide bonds. The first-order valence-electron chi connectivity index (χ1n) is 5.66. The molecule has 0 aliphatic heterocycles. The Morgan fingerprint density at radius 3 is 2.41 bits per heavy atom. The van der Waals surface area contributed by atoms with Crippen LogP contribution in [0.2, 0.25) is 0 Å². The number of rotatable bonds is 6. The highest BCUT2D eigenvalue weighted by Gasteiger charge is 2.26. The summed E-state index contributed by atoms with van der Waals surface area (Å²) in [5.74, 6) is -4.74. The highest BCUT2D eigenvalue weighted by atomic mass is 35.5. The van der Waals surface area contributed by atoms with E-state index in [0.717, 1.165) is 12.1 Å². The fourth-order valence-corrected chi connectivity index (χ4v) is 2.08. The maximum Gasteiger partial charge on any atom is 0.341 e. The first kappa shape index (κ1) is 20.2. The van der Waals surface area contributed by atoms with Crippen molar-refractivity contribution in [3.63, 3.8) is 0 Å². The lowest BCUT2D eigenvalue weighted by Gasteiger charge is -2.08. The quantitative estimate of drug-likeness (QED) is 0.668. The van der Waals surface area contributed by atoms with Crippen molar-refractivity contribution >= 4 is 39.7 Å². The molecule has 0 saturated carbocycles. The summed E-state index contributed by atoms with van der Waals surface area (Å²) in [6, 6.07) is 4.44. The molecule has 1 aromatic carbocycles. The third kappa shape index (κ3) is 5.54. The van der Waals surface area contributed by atoms with Crippen LogP contribution in [0.5, 0.6) is 0 Å². The summed E-state index contributed by atoms with van der Waals surface area (Å²) in [5.41, 5.74) is 5.04. The first-order chi connectivity index (χ1) is 9.77. The molecule has 1 aromatic rings. The van der Waals surface area contributed by atoms with Gasteiger partial charge in [-0.05, 0) is 18.2 Å². The predicted octanol–water partition coefficient (Wildman–Crippen LogP) is 0.118. The molecule has 0 aromatic heterocycles. The van der Waals surface area contributed by atoms with Gasteiger partial charge in [0.25, 0.3) is 0 Å². The molecule has 0 spiro atoms. The van der Waals surface area contributed by atoms with Crippen molar-refractivity contribution in [3.05, 3.63) is 24.3 Å². The van der Waals surface area contributed by atoms with Crippen molar-refractivity contribution in [1.82, 2.24) is 5.32 Å². The minimum atomic E-state index is -4.74. The van der Waals surface area contributed by atoms with Crippen LogP contribution in [-0.4, -0.2) is 39.1 Å². The zero-order valence-corrected chi connectivity index (χ0v) is 12.7. The van der Waals surface area contributed by atoms with Gasteiger partial charge in [-0.2, -0.15) is 8.78 Å². The van der Waals surface area contributed by atoms with Crippen LogP contribution < -0.4 is 16.4 Å². The van der Waals surface area contributed by atoms with Gasteiger partial charge in [-0.15, -0.1) is 12.4 Å². The van der Waals surface area contributed by atoms with Gasteiger partial charge >= 0.3 is 5.76 Å². The van der Waals surface area contributed by atoms with E-state index in [-0.39, 0.29) is 31.2 Å². The highest BCUT2D eigenvalue weighted by molar-refractivity contribution is 7.91. The minimum absolute atomic E-state index is 0. The summed E-state index contributed by atoms with van der Waals surface area (Å²) in [4.78, 5) is 21.7. The fourth-order valence-electron chi connectivity index (χ4n) is 1.31. The van der Waals surface area contributed by atoms with Crippen molar-refractivity contribution in [2.45, 2.75) is 10.7 Å². The van der Waals surface area contributed by atoms with E-state index in [4.69, 9.17) is 5.73 Å². The van der Waals surface area contributed by atoms with Crippen molar-refractivity contribution in [3.8, 4) is 0 Å². The molecule has 0 unspecified atom stereocenters. The predicted molar refractivity (Wildman–Crippen MR) is 77.6 cm³/mol. The largest absolute Gasteiger partial charge is 0.346 e. The van der Waals surface area contributed by atoms with E-state index in [1.54, 1.807) is 0 Å². The van der Waals surface area contributed by atoms with Gasteiger partial charge in [0.15, 0.2) is 0 Å². The van der Waals surface area contributed by atoms with E-state index >= 15 is 0 Å². The number of carbonyl (C=O) groups is 2. The van der Waals surface area contributed by atoms with Crippen LogP contribution in [-0.2, 0) is 19.4 Å². The molecule has 4 N–H and O–H groups in total. The molecule has 0 fully saturated rings. The maximum absolute atomic E-state index is 12.4. The normalized spacial score (nSPS) is 10.7. The van der Waals surface area contributed by atoms with Crippen molar-refractivity contribution in [1.29, 1.82) is 0 Å². The maximum atomic E-state index is 12.4. The SMILES string of the molecule is Cl.NCC(=O)NCC(=O)Nc1cccc(S(=O)(=O)C(F)F)c1. The number of halogens is 3. The molecule has 0 aliphatic carbocycles. The molecule has 0 aliphatic rings. The summed E-state index contributed by atoms with van der Waals surface area (Å²) >= 11 is 0. The van der Waals surface area contributed by atoms with E-state index in [9.17, 15) is 26.8 Å². The number of sulfone groups is 1. The molecule has 22 heavy (non-hydrogen) atoms. The summed E-state index contributed by atoms with van der Waals surface area (Å²) in [6.45, 7) is -0.656. The molecule has 0 radical (unpaired) electrons. The van der Waals surface area contributed by atoms with Gasteiger partial charge in [0.05, 0.1) is 18.0 Å². The van der Waals surface area contributed by atoms with Gasteiger partial charge in [-0.3, -0.25) is 9.59 Å². The standard InChI is InChI=1S/C11H13F2N3O4S.ClH/c12-11(13)21(19,20)8-3-1-2-7(4-8)16-10(18)6-15-9(17)5-14;/h1-4,11H,5-6,14H2,(H,15,17)(H,16,18);1H. The van der Waals surface area contributed by atoms with Gasteiger partial charge in [-0.1, -0.05) is 6.07 Å². The number of amides is 2. The Labute approximate surface area is 131 Å². The lowest BCUT2D eigenvalue weighted by molar-refractivity contribution is -0.123. The van der Waals surface area contributed by atoms with Crippen molar-refractivity contribution in [2.24, 2.45) is 5.73 Å². The molecular formula is C11H14ClF2N3O4S. The van der Waals surface area contributed by atoms with Crippen LogP contribution >= 0.6 is 12.4 Å². The Hall–Kier alpha value is -1.78. The molecule has 1 rings (SSSR count). The van der Waals surface area contributed by atoms with E-state index in [1.165, 1.54) is 12.1 Å². The smallest absolute Gasteiger partial charge is 0.341 e.